The van der Waals surface area contributed by atoms with E-state index in [2.05, 4.69) is 10.2 Å². The number of hydrogen-bond acceptors (Lipinski definition) is 4. The Balaban J connectivity index is 1.95. The number of carboxylic acids is 1. The van der Waals surface area contributed by atoms with Gasteiger partial charge in [-0.15, -0.1) is 0 Å². The number of carboxylic acid groups (broad SMARTS) is 1. The van der Waals surface area contributed by atoms with Gasteiger partial charge in [-0.2, -0.15) is 0 Å². The fourth-order valence-electron chi connectivity index (χ4n) is 3.09. The highest BCUT2D eigenvalue weighted by Crippen LogP contribution is 2.24. The van der Waals surface area contributed by atoms with Crippen LogP contribution in [0.15, 0.2) is 0 Å². The van der Waals surface area contributed by atoms with Gasteiger partial charge in [-0.25, -0.2) is 9.59 Å². The van der Waals surface area contributed by atoms with E-state index in [9.17, 15) is 9.59 Å². The number of rotatable bonds is 4. The molecular formula is C13H23N3O4. The van der Waals surface area contributed by atoms with Gasteiger partial charge in [-0.3, -0.25) is 4.90 Å². The lowest BCUT2D eigenvalue weighted by Crippen LogP contribution is -2.60. The van der Waals surface area contributed by atoms with Gasteiger partial charge in [0.1, 0.15) is 6.04 Å². The Morgan fingerprint density at radius 1 is 1.40 bits per heavy atom. The first-order valence-corrected chi connectivity index (χ1v) is 7.17. The number of hydrogen-bond donors (Lipinski definition) is 3. The van der Waals surface area contributed by atoms with Crippen molar-refractivity contribution >= 4 is 12.0 Å². The first kappa shape index (κ1) is 15.1. The molecule has 2 fully saturated rings. The van der Waals surface area contributed by atoms with E-state index in [1.807, 2.05) is 6.92 Å². The lowest BCUT2D eigenvalue weighted by molar-refractivity contribution is -0.139. The summed E-state index contributed by atoms with van der Waals surface area (Å²) in [5.41, 5.74) is 0. The van der Waals surface area contributed by atoms with Crippen LogP contribution in [0.3, 0.4) is 0 Å². The van der Waals surface area contributed by atoms with Crippen molar-refractivity contribution in [3.63, 3.8) is 0 Å². The van der Waals surface area contributed by atoms with Crippen LogP contribution >= 0.6 is 0 Å². The monoisotopic (exact) mass is 285 g/mol. The van der Waals surface area contributed by atoms with Gasteiger partial charge >= 0.3 is 12.0 Å². The molecule has 2 aliphatic heterocycles. The molecule has 0 aromatic rings. The van der Waals surface area contributed by atoms with Crippen molar-refractivity contribution in [3.8, 4) is 0 Å². The third-order valence-electron chi connectivity index (χ3n) is 4.21. The SMILES string of the molecule is CC1CN2CCCC2CN1C(=O)N[C@H](CCO)C(=O)O. The van der Waals surface area contributed by atoms with Gasteiger partial charge in [0.25, 0.3) is 0 Å². The van der Waals surface area contributed by atoms with E-state index in [4.69, 9.17) is 10.2 Å². The van der Waals surface area contributed by atoms with Crippen LogP contribution in [-0.2, 0) is 4.79 Å². The van der Waals surface area contributed by atoms with E-state index in [0.29, 0.717) is 12.6 Å². The molecule has 2 amide bonds. The molecule has 0 saturated carbocycles. The third-order valence-corrected chi connectivity index (χ3v) is 4.21. The van der Waals surface area contributed by atoms with Crippen LogP contribution in [0.1, 0.15) is 26.2 Å². The van der Waals surface area contributed by atoms with Gasteiger partial charge in [0.15, 0.2) is 0 Å². The molecule has 0 aromatic heterocycles. The highest BCUT2D eigenvalue weighted by atomic mass is 16.4. The number of nitrogens with zero attached hydrogens (tertiary/aromatic N) is 2. The van der Waals surface area contributed by atoms with Gasteiger partial charge in [0.2, 0.25) is 0 Å². The number of nitrogens with one attached hydrogen (secondary N) is 1. The first-order valence-electron chi connectivity index (χ1n) is 7.17. The number of carbonyl (C=O) groups is 2. The molecule has 0 aliphatic carbocycles. The Kier molecular flexibility index (Phi) is 4.82. The van der Waals surface area contributed by atoms with Crippen molar-refractivity contribution in [1.82, 2.24) is 15.1 Å². The number of carbonyl (C=O) groups excluding carboxylic acids is 1. The number of amides is 2. The summed E-state index contributed by atoms with van der Waals surface area (Å²) in [6.07, 6.45) is 2.28. The molecule has 3 atom stereocenters. The minimum atomic E-state index is -1.11. The summed E-state index contributed by atoms with van der Waals surface area (Å²) in [7, 11) is 0. The minimum Gasteiger partial charge on any atom is -0.480 e. The summed E-state index contributed by atoms with van der Waals surface area (Å²) in [5, 5.41) is 20.4. The van der Waals surface area contributed by atoms with Crippen molar-refractivity contribution in [1.29, 1.82) is 0 Å². The number of piperazine rings is 1. The van der Waals surface area contributed by atoms with Gasteiger partial charge in [-0.05, 0) is 26.3 Å². The summed E-state index contributed by atoms with van der Waals surface area (Å²) in [6, 6.07) is -0.891. The number of aliphatic hydroxyl groups excluding tert-OH is 1. The summed E-state index contributed by atoms with van der Waals surface area (Å²) >= 11 is 0. The second-order valence-electron chi connectivity index (χ2n) is 5.64. The summed E-state index contributed by atoms with van der Waals surface area (Å²) < 4.78 is 0. The Morgan fingerprint density at radius 2 is 2.15 bits per heavy atom. The van der Waals surface area contributed by atoms with E-state index in [0.717, 1.165) is 25.9 Å². The Hall–Kier alpha value is -1.34. The predicted molar refractivity (Wildman–Crippen MR) is 72.4 cm³/mol. The Labute approximate surface area is 118 Å². The molecule has 20 heavy (non-hydrogen) atoms. The maximum Gasteiger partial charge on any atom is 0.326 e. The Morgan fingerprint density at radius 3 is 2.80 bits per heavy atom. The zero-order chi connectivity index (χ0) is 14.7. The van der Waals surface area contributed by atoms with E-state index < -0.39 is 12.0 Å². The highest BCUT2D eigenvalue weighted by Gasteiger charge is 2.37. The van der Waals surface area contributed by atoms with Gasteiger partial charge in [-0.1, -0.05) is 0 Å². The lowest BCUT2D eigenvalue weighted by atomic mass is 10.1. The van der Waals surface area contributed by atoms with Crippen molar-refractivity contribution in [2.45, 2.75) is 44.3 Å². The summed E-state index contributed by atoms with van der Waals surface area (Å²) in [5.74, 6) is -1.11. The molecule has 0 spiro atoms. The van der Waals surface area contributed by atoms with Crippen LogP contribution in [0.4, 0.5) is 4.79 Å². The van der Waals surface area contributed by atoms with Crippen molar-refractivity contribution in [2.75, 3.05) is 26.2 Å². The fourth-order valence-corrected chi connectivity index (χ4v) is 3.09. The molecule has 2 aliphatic rings. The lowest BCUT2D eigenvalue weighted by Gasteiger charge is -2.42. The van der Waals surface area contributed by atoms with Crippen molar-refractivity contribution < 1.29 is 19.8 Å². The molecule has 0 radical (unpaired) electrons. The van der Waals surface area contributed by atoms with E-state index in [1.54, 1.807) is 4.90 Å². The number of urea groups is 1. The Bertz CT molecular complexity index is 377. The van der Waals surface area contributed by atoms with Crippen LogP contribution in [0.2, 0.25) is 0 Å². The van der Waals surface area contributed by atoms with Crippen LogP contribution in [0.5, 0.6) is 0 Å². The molecule has 0 aromatic carbocycles. The molecule has 114 valence electrons. The predicted octanol–water partition coefficient (Wildman–Crippen LogP) is -0.300. The maximum absolute atomic E-state index is 12.2. The summed E-state index contributed by atoms with van der Waals surface area (Å²) in [6.45, 7) is 4.31. The molecule has 2 rings (SSSR count). The number of fused-ring (bicyclic) bond motifs is 1. The van der Waals surface area contributed by atoms with E-state index in [1.165, 1.54) is 0 Å². The van der Waals surface area contributed by atoms with Gasteiger partial charge in [0, 0.05) is 38.2 Å². The molecule has 7 nitrogen and oxygen atoms in total. The smallest absolute Gasteiger partial charge is 0.326 e. The number of aliphatic carboxylic acids is 1. The minimum absolute atomic E-state index is 0.0266. The number of aliphatic hydroxyl groups is 1. The van der Waals surface area contributed by atoms with E-state index >= 15 is 0 Å². The summed E-state index contributed by atoms with van der Waals surface area (Å²) in [4.78, 5) is 27.4. The fraction of sp³-hybridized carbons (Fsp3) is 0.846. The zero-order valence-corrected chi connectivity index (χ0v) is 11.8. The van der Waals surface area contributed by atoms with Crippen LogP contribution in [0.25, 0.3) is 0 Å². The standard InChI is InChI=1S/C13H23N3O4/c1-9-7-15-5-2-3-10(15)8-16(9)13(20)14-11(4-6-17)12(18)19/h9-11,17H,2-8H2,1H3,(H,14,20)(H,18,19)/t9?,10?,11-/m1/s1. The van der Waals surface area contributed by atoms with E-state index in [-0.39, 0.29) is 25.1 Å². The van der Waals surface area contributed by atoms with Crippen molar-refractivity contribution in [2.24, 2.45) is 0 Å². The molecule has 2 saturated heterocycles. The molecule has 2 unspecified atom stereocenters. The van der Waals surface area contributed by atoms with Crippen LogP contribution < -0.4 is 5.32 Å². The highest BCUT2D eigenvalue weighted by molar-refractivity contribution is 5.82. The normalized spacial score (nSPS) is 28.0. The van der Waals surface area contributed by atoms with Gasteiger partial charge in [0.05, 0.1) is 0 Å². The van der Waals surface area contributed by atoms with Gasteiger partial charge < -0.3 is 20.4 Å². The molecule has 3 N–H and O–H groups in total. The second kappa shape index (κ2) is 6.41. The molecular weight excluding hydrogens is 262 g/mol. The molecule has 7 heteroatoms. The average molecular weight is 285 g/mol. The zero-order valence-electron chi connectivity index (χ0n) is 11.8. The largest absolute Gasteiger partial charge is 0.480 e. The first-order chi connectivity index (χ1) is 9.52. The average Bonchev–Trinajstić information content (AvgIpc) is 2.83. The third kappa shape index (κ3) is 3.21. The molecule has 2 heterocycles. The second-order valence-corrected chi connectivity index (χ2v) is 5.64. The quantitative estimate of drug-likeness (QED) is 0.659. The van der Waals surface area contributed by atoms with Crippen LogP contribution in [-0.4, -0.2) is 76.4 Å². The molecule has 0 bridgehead atoms. The topological polar surface area (TPSA) is 93.1 Å². The maximum atomic E-state index is 12.2. The van der Waals surface area contributed by atoms with Crippen molar-refractivity contribution in [3.05, 3.63) is 0 Å². The van der Waals surface area contributed by atoms with Crippen LogP contribution in [0, 0.1) is 0 Å².